The molecule has 2 aromatic carbocycles. The van der Waals surface area contributed by atoms with Gasteiger partial charge in [-0.3, -0.25) is 0 Å². The molecule has 0 spiro atoms. The molecule has 2 saturated carbocycles. The molecule has 2 aromatic rings. The minimum absolute atomic E-state index is 0.373. The molecule has 170 valence electrons. The molecule has 2 aliphatic rings. The van der Waals surface area contributed by atoms with Crippen molar-refractivity contribution >= 4 is 12.0 Å². The van der Waals surface area contributed by atoms with Crippen LogP contribution in [-0.4, -0.2) is 23.2 Å². The van der Waals surface area contributed by atoms with Gasteiger partial charge in [0.2, 0.25) is 0 Å². The van der Waals surface area contributed by atoms with E-state index >= 15 is 0 Å². The van der Waals surface area contributed by atoms with Crippen LogP contribution in [-0.2, 0) is 6.42 Å². The summed E-state index contributed by atoms with van der Waals surface area (Å²) in [6.45, 7) is 4.65. The third-order valence-electron chi connectivity index (χ3n) is 7.36. The SMILES string of the molecule is CC(C)/C(=C\c1ccccc1)[C@@H]1C[C@H]1NC1CCC(CCc2ccc(C(=O)O)cc2)CC1. The number of benzene rings is 2. The fourth-order valence-corrected chi connectivity index (χ4v) is 5.30. The van der Waals surface area contributed by atoms with Crippen molar-refractivity contribution in [2.24, 2.45) is 17.8 Å². The number of carboxylic acids is 1. The molecule has 0 radical (unpaired) electrons. The lowest BCUT2D eigenvalue weighted by Gasteiger charge is -2.29. The van der Waals surface area contributed by atoms with Crippen LogP contribution in [0.4, 0.5) is 0 Å². The number of hydrogen-bond donors (Lipinski definition) is 2. The van der Waals surface area contributed by atoms with Crippen molar-refractivity contribution in [2.75, 3.05) is 0 Å². The summed E-state index contributed by atoms with van der Waals surface area (Å²) in [7, 11) is 0. The van der Waals surface area contributed by atoms with E-state index in [4.69, 9.17) is 5.11 Å². The van der Waals surface area contributed by atoms with Gasteiger partial charge in [-0.1, -0.05) is 68.0 Å². The second-order valence-electron chi connectivity index (χ2n) is 10.1. The Morgan fingerprint density at radius 3 is 2.34 bits per heavy atom. The predicted octanol–water partition coefficient (Wildman–Crippen LogP) is 6.59. The van der Waals surface area contributed by atoms with Crippen LogP contribution in [0.2, 0.25) is 0 Å². The molecule has 0 saturated heterocycles. The number of hydrogen-bond acceptors (Lipinski definition) is 2. The van der Waals surface area contributed by atoms with Crippen molar-refractivity contribution in [2.45, 2.75) is 70.9 Å². The van der Waals surface area contributed by atoms with Crippen LogP contribution < -0.4 is 5.32 Å². The quantitative estimate of drug-likeness (QED) is 0.471. The van der Waals surface area contributed by atoms with Crippen LogP contribution in [0.1, 0.15) is 73.9 Å². The highest BCUT2D eigenvalue weighted by molar-refractivity contribution is 5.87. The fourth-order valence-electron chi connectivity index (χ4n) is 5.30. The molecule has 0 amide bonds. The first-order valence-corrected chi connectivity index (χ1v) is 12.3. The summed E-state index contributed by atoms with van der Waals surface area (Å²) in [5.41, 5.74) is 4.54. The summed E-state index contributed by atoms with van der Waals surface area (Å²) >= 11 is 0. The van der Waals surface area contributed by atoms with Gasteiger partial charge in [-0.05, 0) is 86.0 Å². The number of carbonyl (C=O) groups is 1. The third kappa shape index (κ3) is 6.10. The Morgan fingerprint density at radius 2 is 1.72 bits per heavy atom. The van der Waals surface area contributed by atoms with Gasteiger partial charge in [-0.25, -0.2) is 4.79 Å². The molecule has 0 unspecified atom stereocenters. The third-order valence-corrected chi connectivity index (χ3v) is 7.36. The Labute approximate surface area is 192 Å². The van der Waals surface area contributed by atoms with E-state index < -0.39 is 5.97 Å². The van der Waals surface area contributed by atoms with Crippen LogP contribution in [0.3, 0.4) is 0 Å². The van der Waals surface area contributed by atoms with Crippen LogP contribution in [0, 0.1) is 17.8 Å². The Kier molecular flexibility index (Phi) is 7.47. The normalized spacial score (nSPS) is 25.7. The molecule has 2 aliphatic carbocycles. The molecule has 0 bridgehead atoms. The van der Waals surface area contributed by atoms with Gasteiger partial charge in [-0.15, -0.1) is 0 Å². The first kappa shape index (κ1) is 22.8. The van der Waals surface area contributed by atoms with Crippen LogP contribution in [0.5, 0.6) is 0 Å². The summed E-state index contributed by atoms with van der Waals surface area (Å²) in [6.07, 6.45) is 11.1. The minimum atomic E-state index is -0.851. The number of aromatic carboxylic acids is 1. The zero-order valence-electron chi connectivity index (χ0n) is 19.5. The molecule has 0 heterocycles. The highest BCUT2D eigenvalue weighted by Crippen LogP contribution is 2.42. The molecule has 32 heavy (non-hydrogen) atoms. The molecule has 0 aromatic heterocycles. The maximum atomic E-state index is 11.0. The average molecular weight is 432 g/mol. The van der Waals surface area contributed by atoms with Gasteiger partial charge in [0, 0.05) is 12.1 Å². The maximum absolute atomic E-state index is 11.0. The molecule has 0 aliphatic heterocycles. The first-order valence-electron chi connectivity index (χ1n) is 12.3. The smallest absolute Gasteiger partial charge is 0.335 e. The largest absolute Gasteiger partial charge is 0.478 e. The average Bonchev–Trinajstić information content (AvgIpc) is 3.56. The van der Waals surface area contributed by atoms with Gasteiger partial charge < -0.3 is 10.4 Å². The molecule has 2 atom stereocenters. The van der Waals surface area contributed by atoms with E-state index in [-0.39, 0.29) is 0 Å². The van der Waals surface area contributed by atoms with Gasteiger partial charge in [0.05, 0.1) is 5.56 Å². The molecular formula is C29H37NO2. The highest BCUT2D eigenvalue weighted by atomic mass is 16.4. The molecule has 4 rings (SSSR count). The summed E-state index contributed by atoms with van der Waals surface area (Å²) in [4.78, 5) is 11.0. The van der Waals surface area contributed by atoms with Crippen LogP contribution >= 0.6 is 0 Å². The summed E-state index contributed by atoms with van der Waals surface area (Å²) in [5.74, 6) is 1.23. The first-order chi connectivity index (χ1) is 15.5. The standard InChI is InChI=1S/C29H37NO2/c1-20(2)26(18-23-6-4-3-5-7-23)27-19-28(27)30-25-16-12-22(13-17-25)9-8-21-10-14-24(15-11-21)29(31)32/h3-7,10-11,14-15,18,20,22,25,27-28,30H,8-9,12-13,16-17,19H2,1-2H3,(H,31,32)/b26-18+/t22?,25?,27-,28+/m0/s1. The van der Waals surface area contributed by atoms with E-state index in [0.717, 1.165) is 12.3 Å². The van der Waals surface area contributed by atoms with Crippen molar-refractivity contribution in [3.05, 3.63) is 76.9 Å². The lowest BCUT2D eigenvalue weighted by molar-refractivity contribution is 0.0697. The van der Waals surface area contributed by atoms with E-state index in [1.165, 1.54) is 49.7 Å². The second-order valence-corrected chi connectivity index (χ2v) is 10.1. The van der Waals surface area contributed by atoms with Gasteiger partial charge in [0.15, 0.2) is 0 Å². The molecular weight excluding hydrogens is 394 g/mol. The Hall–Kier alpha value is -2.39. The van der Waals surface area contributed by atoms with Gasteiger partial charge in [0.1, 0.15) is 0 Å². The number of aryl methyl sites for hydroxylation is 1. The van der Waals surface area contributed by atoms with Gasteiger partial charge in [-0.2, -0.15) is 0 Å². The summed E-state index contributed by atoms with van der Waals surface area (Å²) < 4.78 is 0. The lowest BCUT2D eigenvalue weighted by Crippen LogP contribution is -2.35. The molecule has 3 heteroatoms. The van der Waals surface area contributed by atoms with E-state index in [9.17, 15) is 4.79 Å². The summed E-state index contributed by atoms with van der Waals surface area (Å²) in [6, 6.07) is 19.4. The lowest BCUT2D eigenvalue weighted by atomic mass is 9.82. The van der Waals surface area contributed by atoms with Gasteiger partial charge in [0.25, 0.3) is 0 Å². The van der Waals surface area contributed by atoms with Crippen molar-refractivity contribution in [3.8, 4) is 0 Å². The van der Waals surface area contributed by atoms with Crippen molar-refractivity contribution in [3.63, 3.8) is 0 Å². The molecule has 3 nitrogen and oxygen atoms in total. The fraction of sp³-hybridized carbons (Fsp3) is 0.483. The van der Waals surface area contributed by atoms with E-state index in [1.807, 2.05) is 12.1 Å². The number of nitrogens with one attached hydrogen (secondary N) is 1. The van der Waals surface area contributed by atoms with Crippen LogP contribution in [0.25, 0.3) is 6.08 Å². The number of rotatable bonds is 9. The summed E-state index contributed by atoms with van der Waals surface area (Å²) in [5, 5.41) is 13.0. The zero-order valence-corrected chi connectivity index (χ0v) is 19.5. The minimum Gasteiger partial charge on any atom is -0.478 e. The van der Waals surface area contributed by atoms with Crippen molar-refractivity contribution in [1.82, 2.24) is 5.32 Å². The molecule has 2 N–H and O–H groups in total. The predicted molar refractivity (Wildman–Crippen MR) is 132 cm³/mol. The maximum Gasteiger partial charge on any atom is 0.335 e. The topological polar surface area (TPSA) is 49.3 Å². The van der Waals surface area contributed by atoms with E-state index in [1.54, 1.807) is 17.7 Å². The monoisotopic (exact) mass is 431 g/mol. The number of carboxylic acid groups (broad SMARTS) is 1. The Bertz CT molecular complexity index is 908. The molecule has 2 fully saturated rings. The Morgan fingerprint density at radius 1 is 1.03 bits per heavy atom. The van der Waals surface area contributed by atoms with Crippen molar-refractivity contribution in [1.29, 1.82) is 0 Å². The van der Waals surface area contributed by atoms with E-state index in [2.05, 4.69) is 55.6 Å². The van der Waals surface area contributed by atoms with Gasteiger partial charge >= 0.3 is 5.97 Å². The zero-order chi connectivity index (χ0) is 22.5. The highest BCUT2D eigenvalue weighted by Gasteiger charge is 2.41. The van der Waals surface area contributed by atoms with E-state index in [0.29, 0.717) is 29.5 Å². The van der Waals surface area contributed by atoms with Crippen molar-refractivity contribution < 1.29 is 9.90 Å². The van der Waals surface area contributed by atoms with Crippen LogP contribution in [0.15, 0.2) is 60.2 Å². The Balaban J connectivity index is 1.21. The second kappa shape index (κ2) is 10.5.